The summed E-state index contributed by atoms with van der Waals surface area (Å²) in [6.07, 6.45) is 0. The third-order valence-electron chi connectivity index (χ3n) is 3.32. The molecule has 132 valence electrons. The van der Waals surface area contributed by atoms with E-state index < -0.39 is 11.8 Å². The zero-order valence-electron chi connectivity index (χ0n) is 13.7. The number of amides is 1. The van der Waals surface area contributed by atoms with Crippen molar-refractivity contribution < 1.29 is 23.1 Å². The quantitative estimate of drug-likeness (QED) is 0.706. The van der Waals surface area contributed by atoms with E-state index in [1.54, 1.807) is 12.1 Å². The molecule has 0 aliphatic carbocycles. The fourth-order valence-electron chi connectivity index (χ4n) is 2.18. The van der Waals surface area contributed by atoms with Gasteiger partial charge < -0.3 is 14.5 Å². The molecule has 2 aromatic carbocycles. The van der Waals surface area contributed by atoms with E-state index in [1.165, 1.54) is 19.1 Å². The van der Waals surface area contributed by atoms with Crippen molar-refractivity contribution in [3.8, 4) is 11.5 Å². The van der Waals surface area contributed by atoms with Crippen LogP contribution in [0.25, 0.3) is 11.5 Å². The van der Waals surface area contributed by atoms with Crippen molar-refractivity contribution >= 4 is 17.6 Å². The molecule has 0 aliphatic heterocycles. The van der Waals surface area contributed by atoms with Gasteiger partial charge in [-0.25, -0.2) is 9.18 Å². The van der Waals surface area contributed by atoms with Gasteiger partial charge in [0.05, 0.1) is 5.56 Å². The normalized spacial score (nSPS) is 10.4. The molecule has 26 heavy (non-hydrogen) atoms. The Morgan fingerprint density at radius 3 is 2.65 bits per heavy atom. The topological polar surface area (TPSA) is 94.3 Å². The Morgan fingerprint density at radius 2 is 1.92 bits per heavy atom. The highest BCUT2D eigenvalue weighted by Crippen LogP contribution is 2.19. The number of hydrogen-bond acceptors (Lipinski definition) is 6. The highest BCUT2D eigenvalue weighted by molar-refractivity contribution is 5.93. The minimum atomic E-state index is -0.908. The van der Waals surface area contributed by atoms with Crippen LogP contribution in [-0.4, -0.2) is 22.1 Å². The lowest BCUT2D eigenvalue weighted by Gasteiger charge is -2.07. The average molecular weight is 355 g/mol. The van der Waals surface area contributed by atoms with Crippen LogP contribution in [0.5, 0.6) is 0 Å². The smallest absolute Gasteiger partial charge is 0.341 e. The maximum atomic E-state index is 13.8. The highest BCUT2D eigenvalue weighted by Gasteiger charge is 2.16. The molecule has 3 aromatic rings. The molecule has 0 fully saturated rings. The average Bonchev–Trinajstić information content (AvgIpc) is 3.11. The second-order valence-corrected chi connectivity index (χ2v) is 5.32. The van der Waals surface area contributed by atoms with Gasteiger partial charge in [-0.15, -0.1) is 10.2 Å². The Morgan fingerprint density at radius 1 is 1.15 bits per heavy atom. The zero-order valence-corrected chi connectivity index (χ0v) is 13.7. The molecule has 0 radical (unpaired) electrons. The predicted molar refractivity (Wildman–Crippen MR) is 89.6 cm³/mol. The fraction of sp³-hybridized carbons (Fsp3) is 0.111. The third-order valence-corrected chi connectivity index (χ3v) is 3.32. The maximum absolute atomic E-state index is 13.8. The van der Waals surface area contributed by atoms with Gasteiger partial charge in [-0.05, 0) is 30.3 Å². The first-order chi connectivity index (χ1) is 12.5. The van der Waals surface area contributed by atoms with E-state index >= 15 is 0 Å². The molecular weight excluding hydrogens is 341 g/mol. The molecule has 0 unspecified atom stereocenters. The molecule has 1 N–H and O–H groups in total. The lowest BCUT2D eigenvalue weighted by molar-refractivity contribution is -0.114. The molecule has 0 saturated heterocycles. The van der Waals surface area contributed by atoms with Crippen LogP contribution in [0.3, 0.4) is 0 Å². The molecule has 1 amide bonds. The number of ether oxygens (including phenoxy) is 1. The third kappa shape index (κ3) is 4.10. The second-order valence-electron chi connectivity index (χ2n) is 5.32. The van der Waals surface area contributed by atoms with Crippen molar-refractivity contribution in [1.29, 1.82) is 0 Å². The summed E-state index contributed by atoms with van der Waals surface area (Å²) < 4.78 is 24.3. The van der Waals surface area contributed by atoms with Crippen LogP contribution in [0.1, 0.15) is 23.2 Å². The number of carbonyl (C=O) groups excluding carboxylic acids is 2. The van der Waals surface area contributed by atoms with Crippen LogP contribution in [0.2, 0.25) is 0 Å². The second kappa shape index (κ2) is 7.56. The Bertz CT molecular complexity index is 941. The van der Waals surface area contributed by atoms with E-state index in [4.69, 9.17) is 9.15 Å². The lowest BCUT2D eigenvalue weighted by Crippen LogP contribution is -2.11. The molecule has 0 saturated carbocycles. The van der Waals surface area contributed by atoms with Gasteiger partial charge >= 0.3 is 5.97 Å². The van der Waals surface area contributed by atoms with E-state index in [0.29, 0.717) is 0 Å². The summed E-state index contributed by atoms with van der Waals surface area (Å²) in [5, 5.41) is 10.1. The molecule has 0 bridgehead atoms. The standard InChI is InChI=1S/C18H14FN3O4/c1-11(23)20-13-7-8-15(19)14(9-13)18(24)25-10-16-21-22-17(26-16)12-5-3-2-4-6-12/h2-9H,10H2,1H3,(H,20,23). The predicted octanol–water partition coefficient (Wildman–Crippen LogP) is 3.19. The highest BCUT2D eigenvalue weighted by atomic mass is 19.1. The van der Waals surface area contributed by atoms with Crippen molar-refractivity contribution in [1.82, 2.24) is 10.2 Å². The summed E-state index contributed by atoms with van der Waals surface area (Å²) >= 11 is 0. The number of benzene rings is 2. The van der Waals surface area contributed by atoms with Crippen LogP contribution >= 0.6 is 0 Å². The summed E-state index contributed by atoms with van der Waals surface area (Å²) in [7, 11) is 0. The number of nitrogens with zero attached hydrogens (tertiary/aromatic N) is 2. The van der Waals surface area contributed by atoms with Crippen LogP contribution in [-0.2, 0) is 16.1 Å². The number of rotatable bonds is 5. The first-order valence-corrected chi connectivity index (χ1v) is 7.65. The summed E-state index contributed by atoms with van der Waals surface area (Å²) in [5.41, 5.74) is 0.709. The Balaban J connectivity index is 1.68. The minimum Gasteiger partial charge on any atom is -0.452 e. The molecule has 8 heteroatoms. The van der Waals surface area contributed by atoms with Crippen LogP contribution < -0.4 is 5.32 Å². The Kier molecular flexibility index (Phi) is 5.02. The maximum Gasteiger partial charge on any atom is 0.341 e. The summed E-state index contributed by atoms with van der Waals surface area (Å²) in [6, 6.07) is 12.7. The van der Waals surface area contributed by atoms with Crippen molar-refractivity contribution in [3.63, 3.8) is 0 Å². The summed E-state index contributed by atoms with van der Waals surface area (Å²) in [6.45, 7) is 1.00. The van der Waals surface area contributed by atoms with Gasteiger partial charge in [-0.3, -0.25) is 4.79 Å². The molecule has 1 aromatic heterocycles. The van der Waals surface area contributed by atoms with Gasteiger partial charge in [0.15, 0.2) is 6.61 Å². The van der Waals surface area contributed by atoms with Crippen LogP contribution in [0.4, 0.5) is 10.1 Å². The molecule has 1 heterocycles. The molecule has 3 rings (SSSR count). The van der Waals surface area contributed by atoms with Crippen molar-refractivity contribution in [2.45, 2.75) is 13.5 Å². The minimum absolute atomic E-state index is 0.0793. The van der Waals surface area contributed by atoms with E-state index in [-0.39, 0.29) is 35.5 Å². The number of anilines is 1. The number of esters is 1. The molecule has 0 aliphatic rings. The van der Waals surface area contributed by atoms with Crippen molar-refractivity contribution in [3.05, 3.63) is 65.8 Å². The number of nitrogens with one attached hydrogen (secondary N) is 1. The van der Waals surface area contributed by atoms with E-state index in [0.717, 1.165) is 11.6 Å². The monoisotopic (exact) mass is 355 g/mol. The van der Waals surface area contributed by atoms with E-state index in [9.17, 15) is 14.0 Å². The largest absolute Gasteiger partial charge is 0.452 e. The van der Waals surface area contributed by atoms with Gasteiger partial charge in [0.25, 0.3) is 5.89 Å². The van der Waals surface area contributed by atoms with E-state index in [2.05, 4.69) is 15.5 Å². The molecule has 0 atom stereocenters. The van der Waals surface area contributed by atoms with Crippen LogP contribution in [0.15, 0.2) is 52.9 Å². The molecular formula is C18H14FN3O4. The first kappa shape index (κ1) is 17.3. The number of halogens is 1. The lowest BCUT2D eigenvalue weighted by atomic mass is 10.2. The fourth-order valence-corrected chi connectivity index (χ4v) is 2.18. The number of carbonyl (C=O) groups is 2. The van der Waals surface area contributed by atoms with Gasteiger partial charge in [-0.1, -0.05) is 18.2 Å². The van der Waals surface area contributed by atoms with E-state index in [1.807, 2.05) is 18.2 Å². The van der Waals surface area contributed by atoms with Crippen molar-refractivity contribution in [2.24, 2.45) is 0 Å². The number of hydrogen-bond donors (Lipinski definition) is 1. The summed E-state index contributed by atoms with van der Waals surface area (Å²) in [5.74, 6) is -1.64. The van der Waals surface area contributed by atoms with Crippen molar-refractivity contribution in [2.75, 3.05) is 5.32 Å². The Hall–Kier alpha value is -3.55. The van der Waals surface area contributed by atoms with Gasteiger partial charge in [-0.2, -0.15) is 0 Å². The Labute approximate surface area is 147 Å². The SMILES string of the molecule is CC(=O)Nc1ccc(F)c(C(=O)OCc2nnc(-c3ccccc3)o2)c1. The van der Waals surface area contributed by atoms with Gasteiger partial charge in [0.2, 0.25) is 11.8 Å². The molecule has 0 spiro atoms. The first-order valence-electron chi connectivity index (χ1n) is 7.65. The summed E-state index contributed by atoms with van der Waals surface area (Å²) in [4.78, 5) is 23.1. The van der Waals surface area contributed by atoms with Crippen LogP contribution in [0, 0.1) is 5.82 Å². The van der Waals surface area contributed by atoms with Gasteiger partial charge in [0, 0.05) is 18.2 Å². The number of aromatic nitrogens is 2. The zero-order chi connectivity index (χ0) is 18.5. The molecule has 7 nitrogen and oxygen atoms in total. The van der Waals surface area contributed by atoms with Gasteiger partial charge in [0.1, 0.15) is 5.82 Å².